The van der Waals surface area contributed by atoms with Crippen LogP contribution >= 0.6 is 0 Å². The molecule has 3 unspecified atom stereocenters. The van der Waals surface area contributed by atoms with Gasteiger partial charge in [-0.2, -0.15) is 10.1 Å². The molecule has 1 saturated carbocycles. The van der Waals surface area contributed by atoms with Gasteiger partial charge in [0.2, 0.25) is 0 Å². The third-order valence-electron chi connectivity index (χ3n) is 6.44. The summed E-state index contributed by atoms with van der Waals surface area (Å²) in [5, 5.41) is 7.85. The van der Waals surface area contributed by atoms with Gasteiger partial charge in [0.15, 0.2) is 11.3 Å². The highest BCUT2D eigenvalue weighted by Gasteiger charge is 2.54. The summed E-state index contributed by atoms with van der Waals surface area (Å²) in [6.45, 7) is 1.40. The van der Waals surface area contributed by atoms with E-state index in [-0.39, 0.29) is 11.9 Å². The molecule has 7 heteroatoms. The summed E-state index contributed by atoms with van der Waals surface area (Å²) in [7, 11) is 1.86. The van der Waals surface area contributed by atoms with E-state index >= 15 is 0 Å². The quantitative estimate of drug-likeness (QED) is 0.539. The number of carbonyl (C=O) groups excluding carboxylic acids is 1. The third-order valence-corrected chi connectivity index (χ3v) is 6.44. The van der Waals surface area contributed by atoms with Crippen LogP contribution in [-0.4, -0.2) is 44.7 Å². The van der Waals surface area contributed by atoms with Gasteiger partial charge in [0.05, 0.1) is 6.04 Å². The van der Waals surface area contributed by atoms with Gasteiger partial charge in [-0.05, 0) is 36.0 Å². The van der Waals surface area contributed by atoms with Gasteiger partial charge in [-0.1, -0.05) is 42.5 Å². The van der Waals surface area contributed by atoms with Crippen molar-refractivity contribution in [3.05, 3.63) is 66.5 Å². The zero-order chi connectivity index (χ0) is 20.9. The molecule has 2 aromatic heterocycles. The number of hydrogen-bond acceptors (Lipinski definition) is 5. The molecule has 2 fully saturated rings. The van der Waals surface area contributed by atoms with Gasteiger partial charge in [-0.25, -0.2) is 0 Å². The first kappa shape index (κ1) is 18.2. The number of fused-ring (bicyclic) bond motifs is 2. The maximum Gasteiger partial charge on any atom is 0.295 e. The van der Waals surface area contributed by atoms with Crippen LogP contribution in [0.15, 0.2) is 65.2 Å². The van der Waals surface area contributed by atoms with Crippen molar-refractivity contribution in [2.24, 2.45) is 18.9 Å². The minimum absolute atomic E-state index is 0.00369. The van der Waals surface area contributed by atoms with Crippen LogP contribution in [-0.2, 0) is 7.05 Å². The highest BCUT2D eigenvalue weighted by molar-refractivity contribution is 5.99. The van der Waals surface area contributed by atoms with Crippen LogP contribution in [0.5, 0.6) is 0 Å². The second-order valence-corrected chi connectivity index (χ2v) is 8.48. The molecule has 1 amide bonds. The standard InChI is InChI=1S/C24H23N5O2/c1-28-14-18(15-7-3-2-4-8-15)22(27-28)23(30)29-13-16-11-17(16)20(29)12-25-24-26-19-9-5-6-10-21(19)31-24/h2-10,14,16-17,20H,11-13H2,1H3,(H,25,26). The van der Waals surface area contributed by atoms with Crippen molar-refractivity contribution >= 4 is 23.0 Å². The summed E-state index contributed by atoms with van der Waals surface area (Å²) in [6.07, 6.45) is 3.10. The number of amides is 1. The Morgan fingerprint density at radius 2 is 1.97 bits per heavy atom. The first-order chi connectivity index (χ1) is 15.2. The molecule has 3 atom stereocenters. The van der Waals surface area contributed by atoms with Gasteiger partial charge in [0.1, 0.15) is 5.52 Å². The number of aromatic nitrogens is 3. The normalized spacial score (nSPS) is 22.0. The predicted molar refractivity (Wildman–Crippen MR) is 118 cm³/mol. The van der Waals surface area contributed by atoms with Crippen molar-refractivity contribution in [3.63, 3.8) is 0 Å². The first-order valence-electron chi connectivity index (χ1n) is 10.7. The molecule has 1 saturated heterocycles. The second-order valence-electron chi connectivity index (χ2n) is 8.48. The number of rotatable bonds is 5. The fourth-order valence-corrected chi connectivity index (χ4v) is 4.82. The number of nitrogens with zero attached hydrogens (tertiary/aromatic N) is 4. The van der Waals surface area contributed by atoms with Crippen molar-refractivity contribution in [3.8, 4) is 11.1 Å². The monoisotopic (exact) mass is 413 g/mol. The first-order valence-corrected chi connectivity index (χ1v) is 10.7. The van der Waals surface area contributed by atoms with Gasteiger partial charge in [0.25, 0.3) is 11.9 Å². The molecule has 2 aromatic carbocycles. The number of nitrogens with one attached hydrogen (secondary N) is 1. The average molecular weight is 413 g/mol. The lowest BCUT2D eigenvalue weighted by atomic mass is 10.1. The Hall–Kier alpha value is -3.61. The molecule has 4 aromatic rings. The molecule has 2 aliphatic rings. The van der Waals surface area contributed by atoms with Crippen LogP contribution in [0.3, 0.4) is 0 Å². The van der Waals surface area contributed by atoms with Crippen LogP contribution < -0.4 is 5.32 Å². The van der Waals surface area contributed by atoms with E-state index in [1.54, 1.807) is 4.68 Å². The lowest BCUT2D eigenvalue weighted by molar-refractivity contribution is 0.0709. The fourth-order valence-electron chi connectivity index (χ4n) is 4.82. The number of para-hydroxylation sites is 2. The van der Waals surface area contributed by atoms with E-state index in [1.165, 1.54) is 6.42 Å². The Balaban J connectivity index is 1.24. The molecule has 31 heavy (non-hydrogen) atoms. The van der Waals surface area contributed by atoms with Crippen molar-refractivity contribution < 1.29 is 9.21 Å². The molecule has 156 valence electrons. The maximum atomic E-state index is 13.6. The minimum atomic E-state index is -0.00369. The zero-order valence-electron chi connectivity index (χ0n) is 17.2. The molecule has 1 aliphatic heterocycles. The van der Waals surface area contributed by atoms with Gasteiger partial charge < -0.3 is 14.6 Å². The van der Waals surface area contributed by atoms with Crippen LogP contribution in [0.1, 0.15) is 16.9 Å². The Labute approximate surface area is 179 Å². The van der Waals surface area contributed by atoms with Crippen LogP contribution in [0, 0.1) is 11.8 Å². The van der Waals surface area contributed by atoms with Gasteiger partial charge in [-0.15, -0.1) is 0 Å². The van der Waals surface area contributed by atoms with E-state index in [0.29, 0.717) is 30.1 Å². The highest BCUT2D eigenvalue weighted by atomic mass is 16.4. The minimum Gasteiger partial charge on any atom is -0.424 e. The molecular formula is C24H23N5O2. The Bertz CT molecular complexity index is 1230. The average Bonchev–Trinajstić information content (AvgIpc) is 3.12. The lowest BCUT2D eigenvalue weighted by Gasteiger charge is -2.27. The van der Waals surface area contributed by atoms with E-state index in [2.05, 4.69) is 15.4 Å². The van der Waals surface area contributed by atoms with E-state index < -0.39 is 0 Å². The van der Waals surface area contributed by atoms with Crippen LogP contribution in [0.4, 0.5) is 6.01 Å². The van der Waals surface area contributed by atoms with Crippen molar-refractivity contribution in [2.45, 2.75) is 12.5 Å². The fraction of sp³-hybridized carbons (Fsp3) is 0.292. The number of oxazole rings is 1. The topological polar surface area (TPSA) is 76.2 Å². The van der Waals surface area contributed by atoms with Crippen molar-refractivity contribution in [1.82, 2.24) is 19.7 Å². The van der Waals surface area contributed by atoms with Crippen molar-refractivity contribution in [1.29, 1.82) is 0 Å². The zero-order valence-corrected chi connectivity index (χ0v) is 17.2. The van der Waals surface area contributed by atoms with Gasteiger partial charge >= 0.3 is 0 Å². The predicted octanol–water partition coefficient (Wildman–Crippen LogP) is 3.80. The van der Waals surface area contributed by atoms with E-state index in [0.717, 1.165) is 28.8 Å². The summed E-state index contributed by atoms with van der Waals surface area (Å²) >= 11 is 0. The second kappa shape index (κ2) is 6.97. The van der Waals surface area contributed by atoms with Crippen LogP contribution in [0.25, 0.3) is 22.2 Å². The molecule has 0 radical (unpaired) electrons. The number of aryl methyl sites for hydroxylation is 1. The largest absolute Gasteiger partial charge is 0.424 e. The van der Waals surface area contributed by atoms with Gasteiger partial charge in [-0.3, -0.25) is 9.48 Å². The molecule has 7 nitrogen and oxygen atoms in total. The molecule has 3 heterocycles. The van der Waals surface area contributed by atoms with E-state index in [1.807, 2.05) is 72.7 Å². The Morgan fingerprint density at radius 3 is 2.81 bits per heavy atom. The number of likely N-dealkylation sites (tertiary alicyclic amines) is 1. The van der Waals surface area contributed by atoms with Gasteiger partial charge in [0, 0.05) is 31.9 Å². The summed E-state index contributed by atoms with van der Waals surface area (Å²) < 4.78 is 7.52. The summed E-state index contributed by atoms with van der Waals surface area (Å²) in [5.41, 5.74) is 3.98. The molecular weight excluding hydrogens is 390 g/mol. The molecule has 1 N–H and O–H groups in total. The van der Waals surface area contributed by atoms with Crippen LogP contribution in [0.2, 0.25) is 0 Å². The maximum absolute atomic E-state index is 13.6. The van der Waals surface area contributed by atoms with Crippen molar-refractivity contribution in [2.75, 3.05) is 18.4 Å². The molecule has 0 spiro atoms. The number of piperidine rings is 1. The highest BCUT2D eigenvalue weighted by Crippen LogP contribution is 2.50. The number of hydrogen-bond donors (Lipinski definition) is 1. The molecule has 1 aliphatic carbocycles. The lowest BCUT2D eigenvalue weighted by Crippen LogP contribution is -2.42. The summed E-state index contributed by atoms with van der Waals surface area (Å²) in [5.74, 6) is 1.11. The van der Waals surface area contributed by atoms with E-state index in [4.69, 9.17) is 4.42 Å². The number of benzene rings is 2. The Kier molecular flexibility index (Phi) is 4.09. The van der Waals surface area contributed by atoms with E-state index in [9.17, 15) is 4.79 Å². The summed E-state index contributed by atoms with van der Waals surface area (Å²) in [6, 6.07) is 18.3. The Morgan fingerprint density at radius 1 is 1.16 bits per heavy atom. The number of anilines is 1. The third kappa shape index (κ3) is 3.17. The SMILES string of the molecule is Cn1cc(-c2ccccc2)c(C(=O)N2CC3CC3C2CNc2nc3ccccc3o2)n1. The molecule has 6 rings (SSSR count). The molecule has 0 bridgehead atoms. The smallest absolute Gasteiger partial charge is 0.295 e. The number of carbonyl (C=O) groups is 1. The summed E-state index contributed by atoms with van der Waals surface area (Å²) in [4.78, 5) is 20.1.